The highest BCUT2D eigenvalue weighted by Gasteiger charge is 2.07. The minimum Gasteiger partial charge on any atom is -0.355 e. The number of carbonyl (C=O) groups excluding carboxylic acids is 1. The van der Waals surface area contributed by atoms with Gasteiger partial charge < -0.3 is 5.32 Å². The molecule has 0 fully saturated rings. The number of thioether (sulfide) groups is 1. The van der Waals surface area contributed by atoms with Gasteiger partial charge in [-0.1, -0.05) is 23.2 Å². The minimum atomic E-state index is -2.98. The summed E-state index contributed by atoms with van der Waals surface area (Å²) in [5.74, 6) is 0.110. The first-order valence-corrected chi connectivity index (χ1v) is 9.60. The molecule has 1 rings (SSSR count). The number of amides is 1. The lowest BCUT2D eigenvalue weighted by atomic mass is 10.4. The molecule has 0 spiro atoms. The van der Waals surface area contributed by atoms with E-state index < -0.39 is 9.84 Å². The second-order valence-electron chi connectivity index (χ2n) is 4.20. The molecule has 0 aliphatic carbocycles. The molecular weight excluding hydrogens is 341 g/mol. The third-order valence-electron chi connectivity index (χ3n) is 2.27. The highest BCUT2D eigenvalue weighted by atomic mass is 35.5. The largest absolute Gasteiger partial charge is 0.355 e. The molecule has 0 aliphatic rings. The summed E-state index contributed by atoms with van der Waals surface area (Å²) < 4.78 is 21.8. The average molecular weight is 356 g/mol. The molecule has 1 aromatic rings. The van der Waals surface area contributed by atoms with Crippen LogP contribution in [0.2, 0.25) is 10.0 Å². The SMILES string of the molecule is CS(=O)(=O)CCCNC(=O)CSc1cc(Cl)ccc1Cl. The van der Waals surface area contributed by atoms with E-state index in [-0.39, 0.29) is 17.4 Å². The van der Waals surface area contributed by atoms with Crippen molar-refractivity contribution in [1.29, 1.82) is 0 Å². The molecule has 8 heteroatoms. The van der Waals surface area contributed by atoms with Gasteiger partial charge in [0.15, 0.2) is 0 Å². The number of rotatable bonds is 7. The molecule has 0 heterocycles. The maximum Gasteiger partial charge on any atom is 0.230 e. The van der Waals surface area contributed by atoms with E-state index in [1.165, 1.54) is 18.0 Å². The maximum atomic E-state index is 11.6. The summed E-state index contributed by atoms with van der Waals surface area (Å²) in [5, 5.41) is 3.77. The van der Waals surface area contributed by atoms with Crippen LogP contribution in [0.4, 0.5) is 0 Å². The maximum absolute atomic E-state index is 11.6. The average Bonchev–Trinajstić information content (AvgIpc) is 2.34. The normalized spacial score (nSPS) is 11.3. The Labute approximate surface area is 133 Å². The molecule has 4 nitrogen and oxygen atoms in total. The Morgan fingerprint density at radius 1 is 1.35 bits per heavy atom. The van der Waals surface area contributed by atoms with Crippen LogP contribution in [0.1, 0.15) is 6.42 Å². The lowest BCUT2D eigenvalue weighted by Gasteiger charge is -2.06. The van der Waals surface area contributed by atoms with E-state index in [0.717, 1.165) is 4.90 Å². The van der Waals surface area contributed by atoms with Crippen molar-refractivity contribution in [2.75, 3.05) is 24.3 Å². The van der Waals surface area contributed by atoms with Crippen molar-refractivity contribution in [3.8, 4) is 0 Å². The molecule has 0 aliphatic heterocycles. The van der Waals surface area contributed by atoms with Gasteiger partial charge in [0, 0.05) is 22.7 Å². The molecule has 0 saturated carbocycles. The fourth-order valence-electron chi connectivity index (χ4n) is 1.34. The van der Waals surface area contributed by atoms with Gasteiger partial charge in [-0.15, -0.1) is 11.8 Å². The van der Waals surface area contributed by atoms with Crippen molar-refractivity contribution in [1.82, 2.24) is 5.32 Å². The van der Waals surface area contributed by atoms with Crippen LogP contribution in [0.15, 0.2) is 23.1 Å². The van der Waals surface area contributed by atoms with Crippen molar-refractivity contribution in [3.63, 3.8) is 0 Å². The Balaban J connectivity index is 2.31. The summed E-state index contributed by atoms with van der Waals surface area (Å²) in [6.07, 6.45) is 1.58. The molecule has 0 atom stereocenters. The quantitative estimate of drug-likeness (QED) is 0.603. The molecular formula is C12H15Cl2NO3S2. The number of halogens is 2. The number of hydrogen-bond acceptors (Lipinski definition) is 4. The zero-order valence-electron chi connectivity index (χ0n) is 10.9. The highest BCUT2D eigenvalue weighted by Crippen LogP contribution is 2.29. The standard InChI is InChI=1S/C12H15Cl2NO3S2/c1-20(17,18)6-2-5-15-12(16)8-19-11-7-9(13)3-4-10(11)14/h3-4,7H,2,5-6,8H2,1H3,(H,15,16). The fraction of sp³-hybridized carbons (Fsp3) is 0.417. The third kappa shape index (κ3) is 7.38. The summed E-state index contributed by atoms with van der Waals surface area (Å²) in [6.45, 7) is 0.343. The van der Waals surface area contributed by atoms with Gasteiger partial charge in [-0.2, -0.15) is 0 Å². The van der Waals surface area contributed by atoms with Crippen molar-refractivity contribution in [3.05, 3.63) is 28.2 Å². The number of hydrogen-bond donors (Lipinski definition) is 1. The summed E-state index contributed by atoms with van der Waals surface area (Å²) in [5.41, 5.74) is 0. The summed E-state index contributed by atoms with van der Waals surface area (Å²) >= 11 is 13.1. The Morgan fingerprint density at radius 2 is 2.05 bits per heavy atom. The third-order valence-corrected chi connectivity index (χ3v) is 5.03. The van der Waals surface area contributed by atoms with Crippen LogP contribution in [0.3, 0.4) is 0 Å². The van der Waals surface area contributed by atoms with Crippen LogP contribution < -0.4 is 5.32 Å². The summed E-state index contributed by atoms with van der Waals surface area (Å²) in [6, 6.07) is 5.06. The number of nitrogens with one attached hydrogen (secondary N) is 1. The van der Waals surface area contributed by atoms with Crippen LogP contribution in [0.25, 0.3) is 0 Å². The van der Waals surface area contributed by atoms with Crippen molar-refractivity contribution in [2.24, 2.45) is 0 Å². The zero-order valence-corrected chi connectivity index (χ0v) is 14.0. The van der Waals surface area contributed by atoms with E-state index in [9.17, 15) is 13.2 Å². The van der Waals surface area contributed by atoms with E-state index >= 15 is 0 Å². The first-order valence-electron chi connectivity index (χ1n) is 5.80. The van der Waals surface area contributed by atoms with Crippen LogP contribution in [-0.2, 0) is 14.6 Å². The van der Waals surface area contributed by atoms with Gasteiger partial charge in [-0.05, 0) is 24.6 Å². The zero-order chi connectivity index (χ0) is 15.2. The van der Waals surface area contributed by atoms with E-state index in [2.05, 4.69) is 5.32 Å². The van der Waals surface area contributed by atoms with Crippen LogP contribution >= 0.6 is 35.0 Å². The highest BCUT2D eigenvalue weighted by molar-refractivity contribution is 8.00. The number of sulfone groups is 1. The van der Waals surface area contributed by atoms with Gasteiger partial charge in [-0.3, -0.25) is 4.79 Å². The number of carbonyl (C=O) groups is 1. The predicted molar refractivity (Wildman–Crippen MR) is 84.5 cm³/mol. The molecule has 1 aromatic carbocycles. The number of benzene rings is 1. The van der Waals surface area contributed by atoms with E-state index in [1.807, 2.05) is 0 Å². The van der Waals surface area contributed by atoms with Gasteiger partial charge in [0.05, 0.1) is 16.5 Å². The smallest absolute Gasteiger partial charge is 0.230 e. The van der Waals surface area contributed by atoms with E-state index in [0.29, 0.717) is 23.0 Å². The monoisotopic (exact) mass is 355 g/mol. The molecule has 1 N–H and O–H groups in total. The molecule has 20 heavy (non-hydrogen) atoms. The van der Waals surface area contributed by atoms with Gasteiger partial charge in [0.2, 0.25) is 5.91 Å². The molecule has 0 radical (unpaired) electrons. The molecule has 0 unspecified atom stereocenters. The second-order valence-corrected chi connectivity index (χ2v) is 8.32. The van der Waals surface area contributed by atoms with Gasteiger partial charge in [0.25, 0.3) is 0 Å². The summed E-state index contributed by atoms with van der Waals surface area (Å²) in [7, 11) is -2.98. The minimum absolute atomic E-state index is 0.0700. The molecule has 0 bridgehead atoms. The van der Waals surface area contributed by atoms with E-state index in [4.69, 9.17) is 23.2 Å². The van der Waals surface area contributed by atoms with Crippen LogP contribution in [0, 0.1) is 0 Å². The first kappa shape index (κ1) is 17.6. The van der Waals surface area contributed by atoms with Gasteiger partial charge in [-0.25, -0.2) is 8.42 Å². The predicted octanol–water partition coefficient (Wildman–Crippen LogP) is 2.64. The fourth-order valence-corrected chi connectivity index (χ4v) is 3.34. The van der Waals surface area contributed by atoms with Crippen molar-refractivity contribution >= 4 is 50.7 Å². The summed E-state index contributed by atoms with van der Waals surface area (Å²) in [4.78, 5) is 12.3. The molecule has 1 amide bonds. The Bertz CT molecular complexity index is 576. The van der Waals surface area contributed by atoms with Gasteiger partial charge >= 0.3 is 0 Å². The Kier molecular flexibility index (Phi) is 7.15. The van der Waals surface area contributed by atoms with Crippen molar-refractivity contribution < 1.29 is 13.2 Å². The Hall–Kier alpha value is -0.430. The molecule has 0 aromatic heterocycles. The molecule has 0 saturated heterocycles. The van der Waals surface area contributed by atoms with Gasteiger partial charge in [0.1, 0.15) is 9.84 Å². The molecule has 112 valence electrons. The lowest BCUT2D eigenvalue weighted by Crippen LogP contribution is -2.27. The van der Waals surface area contributed by atoms with Crippen molar-refractivity contribution in [2.45, 2.75) is 11.3 Å². The van der Waals surface area contributed by atoms with Crippen LogP contribution in [-0.4, -0.2) is 38.6 Å². The van der Waals surface area contributed by atoms with E-state index in [1.54, 1.807) is 18.2 Å². The Morgan fingerprint density at radius 3 is 2.70 bits per heavy atom. The topological polar surface area (TPSA) is 63.2 Å². The second kappa shape index (κ2) is 8.12. The first-order chi connectivity index (χ1) is 9.28. The lowest BCUT2D eigenvalue weighted by molar-refractivity contribution is -0.118. The van der Waals surface area contributed by atoms with Crippen LogP contribution in [0.5, 0.6) is 0 Å².